The molecule has 0 spiro atoms. The molecule has 1 aromatic carbocycles. The highest BCUT2D eigenvalue weighted by molar-refractivity contribution is 5.66. The quantitative estimate of drug-likeness (QED) is 0.810. The number of nitriles is 1. The standard InChI is InChI=1S/C12H13NO4/c1-17-11-6-10(14)9(7-13)5-8(11)3-2-4-12(15)16/h5-6,14H,2-4H2,1H3,(H,15,16). The minimum absolute atomic E-state index is 0.0614. The maximum Gasteiger partial charge on any atom is 0.303 e. The molecule has 90 valence electrons. The van der Waals surface area contributed by atoms with Crippen LogP contribution in [0.2, 0.25) is 0 Å². The molecule has 2 N–H and O–H groups in total. The maximum absolute atomic E-state index is 10.4. The monoisotopic (exact) mass is 235 g/mol. The molecule has 1 aromatic rings. The summed E-state index contributed by atoms with van der Waals surface area (Å²) in [6.45, 7) is 0. The molecule has 0 bridgehead atoms. The number of methoxy groups -OCH3 is 1. The van der Waals surface area contributed by atoms with Crippen molar-refractivity contribution < 1.29 is 19.7 Å². The molecular weight excluding hydrogens is 222 g/mol. The van der Waals surface area contributed by atoms with Gasteiger partial charge in [0.2, 0.25) is 0 Å². The number of aliphatic carboxylic acids is 1. The van der Waals surface area contributed by atoms with E-state index in [1.807, 2.05) is 6.07 Å². The van der Waals surface area contributed by atoms with E-state index in [4.69, 9.17) is 15.1 Å². The Morgan fingerprint density at radius 2 is 2.24 bits per heavy atom. The van der Waals surface area contributed by atoms with Crippen LogP contribution < -0.4 is 4.74 Å². The van der Waals surface area contributed by atoms with Crippen LogP contribution in [0.1, 0.15) is 24.0 Å². The lowest BCUT2D eigenvalue weighted by molar-refractivity contribution is -0.137. The van der Waals surface area contributed by atoms with Gasteiger partial charge in [0, 0.05) is 12.5 Å². The van der Waals surface area contributed by atoms with E-state index in [-0.39, 0.29) is 17.7 Å². The molecule has 5 nitrogen and oxygen atoms in total. The van der Waals surface area contributed by atoms with Gasteiger partial charge in [-0.3, -0.25) is 4.79 Å². The zero-order valence-corrected chi connectivity index (χ0v) is 9.43. The van der Waals surface area contributed by atoms with Crippen molar-refractivity contribution in [2.45, 2.75) is 19.3 Å². The number of aromatic hydroxyl groups is 1. The van der Waals surface area contributed by atoms with Crippen molar-refractivity contribution in [3.8, 4) is 17.6 Å². The number of hydrogen-bond donors (Lipinski definition) is 2. The van der Waals surface area contributed by atoms with Crippen LogP contribution in [0.25, 0.3) is 0 Å². The minimum Gasteiger partial charge on any atom is -0.506 e. The van der Waals surface area contributed by atoms with Crippen molar-refractivity contribution >= 4 is 5.97 Å². The lowest BCUT2D eigenvalue weighted by Gasteiger charge is -2.09. The van der Waals surface area contributed by atoms with E-state index in [0.717, 1.165) is 5.56 Å². The Morgan fingerprint density at radius 1 is 1.53 bits per heavy atom. The Labute approximate surface area is 98.9 Å². The van der Waals surface area contributed by atoms with Crippen LogP contribution >= 0.6 is 0 Å². The summed E-state index contributed by atoms with van der Waals surface area (Å²) in [5.41, 5.74) is 0.888. The van der Waals surface area contributed by atoms with Gasteiger partial charge >= 0.3 is 5.97 Å². The van der Waals surface area contributed by atoms with Crippen molar-refractivity contribution in [1.29, 1.82) is 5.26 Å². The first-order valence-corrected chi connectivity index (χ1v) is 5.10. The zero-order chi connectivity index (χ0) is 12.8. The van der Waals surface area contributed by atoms with Crippen molar-refractivity contribution in [3.05, 3.63) is 23.3 Å². The van der Waals surface area contributed by atoms with Crippen LogP contribution in [-0.2, 0) is 11.2 Å². The molecule has 0 radical (unpaired) electrons. The Kier molecular flexibility index (Phi) is 4.35. The van der Waals surface area contributed by atoms with E-state index >= 15 is 0 Å². The van der Waals surface area contributed by atoms with E-state index < -0.39 is 5.97 Å². The molecule has 0 aromatic heterocycles. The summed E-state index contributed by atoms with van der Waals surface area (Å²) in [6, 6.07) is 4.76. The molecular formula is C12H13NO4. The molecule has 0 amide bonds. The van der Waals surface area contributed by atoms with E-state index in [0.29, 0.717) is 18.6 Å². The van der Waals surface area contributed by atoms with E-state index in [1.165, 1.54) is 19.2 Å². The summed E-state index contributed by atoms with van der Waals surface area (Å²) >= 11 is 0. The summed E-state index contributed by atoms with van der Waals surface area (Å²) < 4.78 is 5.07. The third-order valence-corrected chi connectivity index (χ3v) is 2.36. The number of hydrogen-bond acceptors (Lipinski definition) is 4. The molecule has 5 heteroatoms. The van der Waals surface area contributed by atoms with Gasteiger partial charge in [-0.2, -0.15) is 5.26 Å². The van der Waals surface area contributed by atoms with Crippen molar-refractivity contribution in [1.82, 2.24) is 0 Å². The van der Waals surface area contributed by atoms with Crippen molar-refractivity contribution in [2.75, 3.05) is 7.11 Å². The minimum atomic E-state index is -0.858. The number of carboxylic acid groups (broad SMARTS) is 1. The van der Waals surface area contributed by atoms with Gasteiger partial charge < -0.3 is 14.9 Å². The number of rotatable bonds is 5. The van der Waals surface area contributed by atoms with Crippen LogP contribution in [0.4, 0.5) is 0 Å². The van der Waals surface area contributed by atoms with Gasteiger partial charge in [-0.15, -0.1) is 0 Å². The highest BCUT2D eigenvalue weighted by Crippen LogP contribution is 2.28. The number of carboxylic acids is 1. The SMILES string of the molecule is COc1cc(O)c(C#N)cc1CCCC(=O)O. The highest BCUT2D eigenvalue weighted by Gasteiger charge is 2.10. The number of phenolic OH excluding ortho intramolecular Hbond substituents is 1. The third kappa shape index (κ3) is 3.38. The number of phenols is 1. The summed E-state index contributed by atoms with van der Waals surface area (Å²) in [6.07, 6.45) is 1.01. The topological polar surface area (TPSA) is 90.5 Å². The Bertz CT molecular complexity index is 462. The van der Waals surface area contributed by atoms with Crippen LogP contribution in [0.3, 0.4) is 0 Å². The van der Waals surface area contributed by atoms with Gasteiger partial charge in [-0.25, -0.2) is 0 Å². The van der Waals surface area contributed by atoms with Crippen molar-refractivity contribution in [2.24, 2.45) is 0 Å². The lowest BCUT2D eigenvalue weighted by Crippen LogP contribution is -1.98. The summed E-state index contributed by atoms with van der Waals surface area (Å²) in [5, 5.41) is 26.8. The Morgan fingerprint density at radius 3 is 2.76 bits per heavy atom. The van der Waals surface area contributed by atoms with Crippen LogP contribution in [0.15, 0.2) is 12.1 Å². The maximum atomic E-state index is 10.4. The summed E-state index contributed by atoms with van der Waals surface area (Å²) in [5.74, 6) is -0.526. The number of benzene rings is 1. The number of aryl methyl sites for hydroxylation is 1. The molecule has 17 heavy (non-hydrogen) atoms. The molecule has 0 fully saturated rings. The molecule has 0 aliphatic carbocycles. The first-order chi connectivity index (χ1) is 8.08. The molecule has 0 aliphatic rings. The van der Waals surface area contributed by atoms with Gasteiger partial charge in [0.1, 0.15) is 17.6 Å². The van der Waals surface area contributed by atoms with Crippen LogP contribution in [0, 0.1) is 11.3 Å². The second-order valence-corrected chi connectivity index (χ2v) is 3.54. The largest absolute Gasteiger partial charge is 0.506 e. The Hall–Kier alpha value is -2.22. The van der Waals surface area contributed by atoms with E-state index in [9.17, 15) is 9.90 Å². The van der Waals surface area contributed by atoms with Gasteiger partial charge in [0.25, 0.3) is 0 Å². The second kappa shape index (κ2) is 5.75. The normalized spacial score (nSPS) is 9.65. The van der Waals surface area contributed by atoms with E-state index in [1.54, 1.807) is 0 Å². The van der Waals surface area contributed by atoms with Crippen LogP contribution in [-0.4, -0.2) is 23.3 Å². The first kappa shape index (κ1) is 12.8. The number of nitrogens with zero attached hydrogens (tertiary/aromatic N) is 1. The number of carbonyl (C=O) groups is 1. The zero-order valence-electron chi connectivity index (χ0n) is 9.43. The molecule has 0 atom stereocenters. The Balaban J connectivity index is 2.89. The summed E-state index contributed by atoms with van der Waals surface area (Å²) in [7, 11) is 1.46. The number of ether oxygens (including phenoxy) is 1. The van der Waals surface area contributed by atoms with Crippen LogP contribution in [0.5, 0.6) is 11.5 Å². The van der Waals surface area contributed by atoms with Gasteiger partial charge in [-0.1, -0.05) is 0 Å². The second-order valence-electron chi connectivity index (χ2n) is 3.54. The average Bonchev–Trinajstić information content (AvgIpc) is 2.30. The smallest absolute Gasteiger partial charge is 0.303 e. The van der Waals surface area contributed by atoms with E-state index in [2.05, 4.69) is 0 Å². The first-order valence-electron chi connectivity index (χ1n) is 5.10. The molecule has 0 unspecified atom stereocenters. The van der Waals surface area contributed by atoms with Gasteiger partial charge in [0.05, 0.1) is 12.7 Å². The predicted molar refractivity (Wildman–Crippen MR) is 59.9 cm³/mol. The molecule has 0 saturated carbocycles. The van der Waals surface area contributed by atoms with Gasteiger partial charge in [0.15, 0.2) is 0 Å². The third-order valence-electron chi connectivity index (χ3n) is 2.36. The lowest BCUT2D eigenvalue weighted by atomic mass is 10.0. The predicted octanol–water partition coefficient (Wildman–Crippen LogP) is 1.68. The summed E-state index contributed by atoms with van der Waals surface area (Å²) in [4.78, 5) is 10.4. The fraction of sp³-hybridized carbons (Fsp3) is 0.333. The average molecular weight is 235 g/mol. The highest BCUT2D eigenvalue weighted by atomic mass is 16.5. The van der Waals surface area contributed by atoms with Gasteiger partial charge in [-0.05, 0) is 24.5 Å². The molecule has 0 heterocycles. The molecule has 1 rings (SSSR count). The fourth-order valence-electron chi connectivity index (χ4n) is 1.52. The van der Waals surface area contributed by atoms with Crippen molar-refractivity contribution in [3.63, 3.8) is 0 Å². The molecule has 0 aliphatic heterocycles. The molecule has 0 saturated heterocycles. The fourth-order valence-corrected chi connectivity index (χ4v) is 1.52.